The van der Waals surface area contributed by atoms with Crippen molar-refractivity contribution in [3.8, 4) is 5.75 Å². The Hall–Kier alpha value is -1.97. The van der Waals surface area contributed by atoms with Crippen LogP contribution in [0.3, 0.4) is 0 Å². The molecule has 0 aliphatic heterocycles. The van der Waals surface area contributed by atoms with E-state index in [0.717, 1.165) is 35.7 Å². The molecule has 2 rings (SSSR count). The maximum atomic E-state index is 13.8. The number of halogens is 1. The number of hydrogen-bond acceptors (Lipinski definition) is 5. The van der Waals surface area contributed by atoms with Gasteiger partial charge in [0.25, 0.3) is 11.5 Å². The molecule has 0 aliphatic rings. The number of hydrogen-bond donors (Lipinski definition) is 2. The second kappa shape index (κ2) is 13.0. The number of nitrogens with zero attached hydrogens (tertiary/aromatic N) is 2. The second-order valence-electron chi connectivity index (χ2n) is 10.8. The molecule has 0 spiro atoms. The standard InChI is InChI=1S/C27H42BrN3O4Si/c1-8-9-17-35-24-23(29-22(30-25(24)32)18-20-13-10-11-14-21(20)28)26(33)31(19(2)3)16-12-15-27(4,5)36(6,7)34/h10-11,13-14,19,34H,8-9,12,15-18H2,1-7H3,(H,29,30,32). The second-order valence-corrected chi connectivity index (χ2v) is 16.1. The number of amides is 1. The van der Waals surface area contributed by atoms with E-state index in [4.69, 9.17) is 4.74 Å². The summed E-state index contributed by atoms with van der Waals surface area (Å²) in [6, 6.07) is 7.64. The van der Waals surface area contributed by atoms with E-state index < -0.39 is 13.9 Å². The number of rotatable bonds is 13. The van der Waals surface area contributed by atoms with Crippen molar-refractivity contribution < 1.29 is 14.3 Å². The molecule has 0 aliphatic carbocycles. The number of unbranched alkanes of at least 4 members (excludes halogenated alkanes) is 1. The van der Waals surface area contributed by atoms with E-state index in [-0.39, 0.29) is 28.4 Å². The smallest absolute Gasteiger partial charge is 0.294 e. The van der Waals surface area contributed by atoms with Crippen molar-refractivity contribution in [1.82, 2.24) is 14.9 Å². The van der Waals surface area contributed by atoms with Gasteiger partial charge in [0.2, 0.25) is 5.75 Å². The van der Waals surface area contributed by atoms with Crippen LogP contribution in [0, 0.1) is 0 Å². The molecule has 0 radical (unpaired) electrons. The van der Waals surface area contributed by atoms with Gasteiger partial charge in [-0.2, -0.15) is 0 Å². The zero-order chi connectivity index (χ0) is 27.1. The van der Waals surface area contributed by atoms with E-state index in [0.29, 0.717) is 25.4 Å². The fourth-order valence-electron chi connectivity index (χ4n) is 3.74. The molecule has 0 saturated carbocycles. The molecule has 2 aromatic rings. The lowest BCUT2D eigenvalue weighted by atomic mass is 10.1. The molecule has 9 heteroatoms. The lowest BCUT2D eigenvalue weighted by Gasteiger charge is -2.36. The van der Waals surface area contributed by atoms with Crippen molar-refractivity contribution in [3.05, 3.63) is 56.2 Å². The molecular formula is C27H42BrN3O4Si. The molecule has 0 bridgehead atoms. The van der Waals surface area contributed by atoms with E-state index in [2.05, 4.69) is 39.7 Å². The van der Waals surface area contributed by atoms with Crippen LogP contribution in [0.2, 0.25) is 18.1 Å². The molecule has 0 unspecified atom stereocenters. The van der Waals surface area contributed by atoms with E-state index in [1.165, 1.54) is 0 Å². The normalized spacial score (nSPS) is 12.2. The Kier molecular flexibility index (Phi) is 10.9. The van der Waals surface area contributed by atoms with Gasteiger partial charge < -0.3 is 19.4 Å². The summed E-state index contributed by atoms with van der Waals surface area (Å²) in [5, 5.41) is -0.175. The van der Waals surface area contributed by atoms with Gasteiger partial charge >= 0.3 is 0 Å². The molecule has 0 saturated heterocycles. The highest BCUT2D eigenvalue weighted by Gasteiger charge is 2.37. The summed E-state index contributed by atoms with van der Waals surface area (Å²) < 4.78 is 6.71. The third-order valence-electron chi connectivity index (χ3n) is 6.93. The number of H-pyrrole nitrogens is 1. The number of aromatic nitrogens is 2. The molecular weight excluding hydrogens is 538 g/mol. The largest absolute Gasteiger partial charge is 0.486 e. The van der Waals surface area contributed by atoms with E-state index in [1.54, 1.807) is 4.90 Å². The van der Waals surface area contributed by atoms with Crippen LogP contribution in [0.4, 0.5) is 0 Å². The fourth-order valence-corrected chi connectivity index (χ4v) is 4.95. The van der Waals surface area contributed by atoms with Crippen LogP contribution >= 0.6 is 15.9 Å². The highest BCUT2D eigenvalue weighted by atomic mass is 79.9. The number of benzene rings is 1. The van der Waals surface area contributed by atoms with Crippen molar-refractivity contribution in [1.29, 1.82) is 0 Å². The van der Waals surface area contributed by atoms with Gasteiger partial charge in [-0.05, 0) is 62.9 Å². The zero-order valence-corrected chi connectivity index (χ0v) is 25.4. The Bertz CT molecular complexity index is 1080. The van der Waals surface area contributed by atoms with Gasteiger partial charge in [-0.15, -0.1) is 0 Å². The van der Waals surface area contributed by atoms with Crippen LogP contribution in [0.5, 0.6) is 5.75 Å². The van der Waals surface area contributed by atoms with Crippen LogP contribution in [0.1, 0.15) is 82.2 Å². The van der Waals surface area contributed by atoms with Crippen molar-refractivity contribution in [2.75, 3.05) is 13.2 Å². The van der Waals surface area contributed by atoms with Gasteiger partial charge in [-0.25, -0.2) is 4.98 Å². The summed E-state index contributed by atoms with van der Waals surface area (Å²) in [7, 11) is -2.34. The Morgan fingerprint density at radius 1 is 1.25 bits per heavy atom. The molecule has 1 aromatic heterocycles. The first-order chi connectivity index (χ1) is 16.8. The Morgan fingerprint density at radius 2 is 1.92 bits per heavy atom. The van der Waals surface area contributed by atoms with Crippen molar-refractivity contribution in [3.63, 3.8) is 0 Å². The monoisotopic (exact) mass is 579 g/mol. The highest BCUT2D eigenvalue weighted by molar-refractivity contribution is 9.10. The summed E-state index contributed by atoms with van der Waals surface area (Å²) in [6.45, 7) is 14.9. The van der Waals surface area contributed by atoms with Crippen molar-refractivity contribution in [2.24, 2.45) is 0 Å². The van der Waals surface area contributed by atoms with Gasteiger partial charge in [-0.1, -0.05) is 61.3 Å². The summed E-state index contributed by atoms with van der Waals surface area (Å²) in [5.74, 6) is 0.0875. The van der Waals surface area contributed by atoms with E-state index in [1.807, 2.05) is 58.1 Å². The minimum absolute atomic E-state index is 0.0146. The first-order valence-corrected chi connectivity index (χ1v) is 16.5. The van der Waals surface area contributed by atoms with Gasteiger partial charge in [-0.3, -0.25) is 9.59 Å². The topological polar surface area (TPSA) is 95.5 Å². The predicted octanol–water partition coefficient (Wildman–Crippen LogP) is 5.91. The molecule has 7 nitrogen and oxygen atoms in total. The molecule has 0 fully saturated rings. The van der Waals surface area contributed by atoms with Gasteiger partial charge in [0, 0.05) is 23.5 Å². The van der Waals surface area contributed by atoms with Crippen molar-refractivity contribution >= 4 is 30.2 Å². The average molecular weight is 581 g/mol. The number of carbonyl (C=O) groups excluding carboxylic acids is 1. The van der Waals surface area contributed by atoms with Gasteiger partial charge in [0.15, 0.2) is 14.0 Å². The SMILES string of the molecule is CCCCOc1c(C(=O)N(CCCC(C)(C)[Si](C)(C)O)C(C)C)nc(Cc2ccccc2Br)[nH]c1=O. The van der Waals surface area contributed by atoms with Crippen LogP contribution in [0.15, 0.2) is 33.5 Å². The van der Waals surface area contributed by atoms with Crippen LogP contribution in [0.25, 0.3) is 0 Å². The fraction of sp³-hybridized carbons (Fsp3) is 0.593. The van der Waals surface area contributed by atoms with Crippen molar-refractivity contribution in [2.45, 2.75) is 90.9 Å². The number of nitrogens with one attached hydrogen (secondary N) is 1. The summed E-state index contributed by atoms with van der Waals surface area (Å²) in [6.07, 6.45) is 3.60. The lowest BCUT2D eigenvalue weighted by molar-refractivity contribution is 0.0688. The number of ether oxygens (including phenoxy) is 1. The number of aromatic amines is 1. The molecule has 200 valence electrons. The maximum Gasteiger partial charge on any atom is 0.294 e. The summed E-state index contributed by atoms with van der Waals surface area (Å²) >= 11 is 3.54. The first-order valence-electron chi connectivity index (χ1n) is 12.8. The number of carbonyl (C=O) groups is 1. The molecule has 36 heavy (non-hydrogen) atoms. The Morgan fingerprint density at radius 3 is 2.50 bits per heavy atom. The van der Waals surface area contributed by atoms with E-state index >= 15 is 0 Å². The third-order valence-corrected chi connectivity index (χ3v) is 11.3. The summed E-state index contributed by atoms with van der Waals surface area (Å²) in [5.41, 5.74) is 0.573. The van der Waals surface area contributed by atoms with E-state index in [9.17, 15) is 14.4 Å². The van der Waals surface area contributed by atoms with Crippen LogP contribution < -0.4 is 10.3 Å². The highest BCUT2D eigenvalue weighted by Crippen LogP contribution is 2.39. The molecule has 1 heterocycles. The Labute approximate surface area is 224 Å². The third kappa shape index (κ3) is 8.01. The molecule has 2 N–H and O–H groups in total. The summed E-state index contributed by atoms with van der Waals surface area (Å²) in [4.78, 5) is 46.7. The predicted molar refractivity (Wildman–Crippen MR) is 151 cm³/mol. The minimum Gasteiger partial charge on any atom is -0.486 e. The average Bonchev–Trinajstić information content (AvgIpc) is 2.78. The quantitative estimate of drug-likeness (QED) is 0.227. The van der Waals surface area contributed by atoms with Crippen LogP contribution in [-0.4, -0.2) is 53.1 Å². The van der Waals surface area contributed by atoms with Gasteiger partial charge in [0.05, 0.1) is 6.61 Å². The molecule has 1 aromatic carbocycles. The molecule has 0 atom stereocenters. The van der Waals surface area contributed by atoms with Crippen LogP contribution in [-0.2, 0) is 6.42 Å². The maximum absolute atomic E-state index is 13.8. The molecule has 1 amide bonds. The minimum atomic E-state index is -2.34. The Balaban J connectivity index is 2.39. The lowest BCUT2D eigenvalue weighted by Crippen LogP contribution is -2.41. The van der Waals surface area contributed by atoms with Gasteiger partial charge in [0.1, 0.15) is 5.82 Å². The zero-order valence-electron chi connectivity index (χ0n) is 22.8. The first kappa shape index (κ1) is 30.3.